The fourth-order valence-corrected chi connectivity index (χ4v) is 2.95. The Labute approximate surface area is 122 Å². The molecule has 0 saturated carbocycles. The minimum atomic E-state index is -0.535. The highest BCUT2D eigenvalue weighted by Crippen LogP contribution is 2.23. The molecule has 0 N–H and O–H groups in total. The Bertz CT molecular complexity index is 912. The lowest BCUT2D eigenvalue weighted by Gasteiger charge is -1.98. The van der Waals surface area contributed by atoms with Gasteiger partial charge in [-0.1, -0.05) is 18.2 Å². The van der Waals surface area contributed by atoms with E-state index in [9.17, 15) is 19.7 Å². The lowest BCUT2D eigenvalue weighted by molar-refractivity contribution is -0.384. The Balaban J connectivity index is 2.16. The van der Waals surface area contributed by atoms with Crippen molar-refractivity contribution in [3.05, 3.63) is 74.6 Å². The first-order chi connectivity index (χ1) is 10.1. The number of carbonyl (C=O) groups is 1. The number of aromatic nitrogens is 1. The molecule has 0 saturated heterocycles. The second kappa shape index (κ2) is 4.95. The van der Waals surface area contributed by atoms with Crippen LogP contribution in [0.1, 0.15) is 10.4 Å². The maximum Gasteiger partial charge on any atom is 0.275 e. The first-order valence-electron chi connectivity index (χ1n) is 5.98. The van der Waals surface area contributed by atoms with Crippen molar-refractivity contribution in [2.24, 2.45) is 0 Å². The zero-order valence-electron chi connectivity index (χ0n) is 10.6. The lowest BCUT2D eigenvalue weighted by Crippen LogP contribution is -2.21. The maximum atomic E-state index is 12.3. The minimum Gasteiger partial charge on any atom is -0.267 e. The molecular weight excluding hydrogens is 292 g/mol. The number of rotatable bonds is 2. The number of non-ortho nitro benzene ring substituents is 1. The number of nitrogens with zero attached hydrogens (tertiary/aromatic N) is 2. The van der Waals surface area contributed by atoms with Crippen LogP contribution in [0.2, 0.25) is 0 Å². The van der Waals surface area contributed by atoms with Crippen molar-refractivity contribution < 1.29 is 9.72 Å². The van der Waals surface area contributed by atoms with E-state index in [1.165, 1.54) is 18.2 Å². The summed E-state index contributed by atoms with van der Waals surface area (Å²) in [6.45, 7) is 0. The third-order valence-electron chi connectivity index (χ3n) is 2.99. The molecule has 2 aromatic carbocycles. The van der Waals surface area contributed by atoms with Crippen LogP contribution in [-0.2, 0) is 0 Å². The minimum absolute atomic E-state index is 0.108. The summed E-state index contributed by atoms with van der Waals surface area (Å²) in [5, 5.41) is 11.1. The molecule has 3 aromatic rings. The van der Waals surface area contributed by atoms with E-state index >= 15 is 0 Å². The van der Waals surface area contributed by atoms with Gasteiger partial charge in [-0.15, -0.1) is 0 Å². The van der Waals surface area contributed by atoms with E-state index < -0.39 is 16.4 Å². The number of nitro groups is 1. The number of carbonyl (C=O) groups excluding carboxylic acids is 1. The summed E-state index contributed by atoms with van der Waals surface area (Å²) < 4.78 is 1.43. The third-order valence-corrected chi connectivity index (χ3v) is 4.03. The largest absolute Gasteiger partial charge is 0.275 e. The molecule has 1 heterocycles. The average molecular weight is 300 g/mol. The van der Waals surface area contributed by atoms with Crippen LogP contribution >= 0.6 is 11.5 Å². The van der Waals surface area contributed by atoms with E-state index in [4.69, 9.17) is 0 Å². The van der Waals surface area contributed by atoms with Crippen LogP contribution in [0.15, 0.2) is 53.3 Å². The van der Waals surface area contributed by atoms with Gasteiger partial charge in [0.05, 0.1) is 15.0 Å². The number of fused-ring (bicyclic) bond motifs is 1. The van der Waals surface area contributed by atoms with Gasteiger partial charge in [-0.3, -0.25) is 19.7 Å². The van der Waals surface area contributed by atoms with Crippen LogP contribution in [0.4, 0.5) is 5.69 Å². The van der Waals surface area contributed by atoms with Crippen molar-refractivity contribution in [1.29, 1.82) is 0 Å². The number of hydrogen-bond acceptors (Lipinski definition) is 5. The van der Waals surface area contributed by atoms with Gasteiger partial charge in [0, 0.05) is 17.7 Å². The molecule has 0 amide bonds. The first-order valence-corrected chi connectivity index (χ1v) is 6.75. The van der Waals surface area contributed by atoms with Crippen molar-refractivity contribution in [1.82, 2.24) is 3.96 Å². The Kier molecular flexibility index (Phi) is 3.11. The highest BCUT2D eigenvalue weighted by atomic mass is 32.1. The van der Waals surface area contributed by atoms with Crippen LogP contribution in [0, 0.1) is 10.1 Å². The molecule has 0 atom stereocenters. The van der Waals surface area contributed by atoms with Gasteiger partial charge in [-0.25, -0.2) is 0 Å². The molecular formula is C14H8N2O4S. The molecule has 0 aliphatic carbocycles. The van der Waals surface area contributed by atoms with Crippen LogP contribution in [0.5, 0.6) is 0 Å². The van der Waals surface area contributed by atoms with E-state index in [1.54, 1.807) is 30.3 Å². The number of hydrogen-bond donors (Lipinski definition) is 0. The summed E-state index contributed by atoms with van der Waals surface area (Å²) in [6, 6.07) is 12.3. The van der Waals surface area contributed by atoms with E-state index in [1.807, 2.05) is 0 Å². The van der Waals surface area contributed by atoms with Crippen molar-refractivity contribution >= 4 is 33.2 Å². The molecule has 21 heavy (non-hydrogen) atoms. The fraction of sp³-hybridized carbons (Fsp3) is 0. The van der Waals surface area contributed by atoms with Crippen molar-refractivity contribution in [2.45, 2.75) is 0 Å². The fourth-order valence-electron chi connectivity index (χ4n) is 1.96. The Morgan fingerprint density at radius 3 is 2.52 bits per heavy atom. The molecule has 0 fully saturated rings. The van der Waals surface area contributed by atoms with Gasteiger partial charge in [0.2, 0.25) is 0 Å². The van der Waals surface area contributed by atoms with E-state index in [-0.39, 0.29) is 5.69 Å². The Morgan fingerprint density at radius 2 is 1.86 bits per heavy atom. The summed E-state index contributed by atoms with van der Waals surface area (Å²) in [5.74, 6) is -0.440. The van der Waals surface area contributed by atoms with Gasteiger partial charge in [-0.05, 0) is 29.7 Å². The van der Waals surface area contributed by atoms with Crippen molar-refractivity contribution in [3.8, 4) is 0 Å². The number of nitro benzene ring substituents is 1. The lowest BCUT2D eigenvalue weighted by atomic mass is 10.2. The summed E-state index contributed by atoms with van der Waals surface area (Å²) in [4.78, 5) is 34.7. The molecule has 6 nitrogen and oxygen atoms in total. The van der Waals surface area contributed by atoms with Crippen LogP contribution in [-0.4, -0.2) is 14.8 Å². The van der Waals surface area contributed by atoms with E-state index in [2.05, 4.69) is 0 Å². The molecule has 7 heteroatoms. The molecule has 1 aromatic heterocycles. The zero-order chi connectivity index (χ0) is 15.0. The Morgan fingerprint density at radius 1 is 1.14 bits per heavy atom. The zero-order valence-corrected chi connectivity index (χ0v) is 11.4. The SMILES string of the molecule is O=C(c1ccccc1)n1sc2cc([N+](=O)[O-])ccc2c1=O. The molecule has 0 aliphatic rings. The molecule has 104 valence electrons. The third kappa shape index (κ3) is 2.23. The molecule has 0 radical (unpaired) electrons. The second-order valence-electron chi connectivity index (χ2n) is 4.30. The van der Waals surface area contributed by atoms with Crippen LogP contribution < -0.4 is 5.56 Å². The molecule has 3 rings (SSSR count). The van der Waals surface area contributed by atoms with Crippen molar-refractivity contribution in [3.63, 3.8) is 0 Å². The van der Waals surface area contributed by atoms with Gasteiger partial charge >= 0.3 is 0 Å². The van der Waals surface area contributed by atoms with Crippen molar-refractivity contribution in [2.75, 3.05) is 0 Å². The molecule has 0 unspecified atom stereocenters. The standard InChI is InChI=1S/C14H8N2O4S/c17-13(9-4-2-1-3-5-9)15-14(18)11-7-6-10(16(19)20)8-12(11)21-15/h1-8H. The predicted molar refractivity (Wildman–Crippen MR) is 78.9 cm³/mol. The van der Waals surface area contributed by atoms with Gasteiger partial charge in [-0.2, -0.15) is 3.96 Å². The van der Waals surface area contributed by atoms with E-state index in [0.717, 1.165) is 15.5 Å². The summed E-state index contributed by atoms with van der Waals surface area (Å²) in [7, 11) is 0. The molecule has 0 bridgehead atoms. The maximum absolute atomic E-state index is 12.3. The highest BCUT2D eigenvalue weighted by molar-refractivity contribution is 7.15. The smallest absolute Gasteiger partial charge is 0.267 e. The summed E-state index contributed by atoms with van der Waals surface area (Å²) in [5.41, 5.74) is -0.178. The summed E-state index contributed by atoms with van der Waals surface area (Å²) in [6.07, 6.45) is 0. The normalized spacial score (nSPS) is 10.7. The van der Waals surface area contributed by atoms with Gasteiger partial charge < -0.3 is 0 Å². The summed E-state index contributed by atoms with van der Waals surface area (Å²) >= 11 is 0.909. The number of benzene rings is 2. The van der Waals surface area contributed by atoms with E-state index in [0.29, 0.717) is 15.6 Å². The average Bonchev–Trinajstić information content (AvgIpc) is 2.84. The van der Waals surface area contributed by atoms with Gasteiger partial charge in [0.25, 0.3) is 17.2 Å². The molecule has 0 aliphatic heterocycles. The Hall–Kier alpha value is -2.80. The van der Waals surface area contributed by atoms with Crippen LogP contribution in [0.3, 0.4) is 0 Å². The quantitative estimate of drug-likeness (QED) is 0.538. The predicted octanol–water partition coefficient (Wildman–Crippen LogP) is 2.66. The second-order valence-corrected chi connectivity index (χ2v) is 5.29. The highest BCUT2D eigenvalue weighted by Gasteiger charge is 2.17. The van der Waals surface area contributed by atoms with Gasteiger partial charge in [0.15, 0.2) is 0 Å². The monoisotopic (exact) mass is 300 g/mol. The molecule has 0 spiro atoms. The first kappa shape index (κ1) is 13.2. The van der Waals surface area contributed by atoms with Crippen LogP contribution in [0.25, 0.3) is 10.1 Å². The topological polar surface area (TPSA) is 82.2 Å². The van der Waals surface area contributed by atoms with Gasteiger partial charge in [0.1, 0.15) is 0 Å².